The van der Waals surface area contributed by atoms with E-state index in [1.54, 1.807) is 12.1 Å². The first kappa shape index (κ1) is 51.5. The molecule has 4 saturated heterocycles. The fourth-order valence-corrected chi connectivity index (χ4v) is 8.47. The van der Waals surface area contributed by atoms with E-state index in [2.05, 4.69) is 39.8 Å². The second-order valence-corrected chi connectivity index (χ2v) is 17.3. The van der Waals surface area contributed by atoms with Crippen LogP contribution in [-0.2, 0) is 11.3 Å². The van der Waals surface area contributed by atoms with Crippen molar-refractivity contribution in [1.82, 2.24) is 20.4 Å². The van der Waals surface area contributed by atoms with Gasteiger partial charge >= 0.3 is 6.09 Å². The molecule has 0 aliphatic carbocycles. The first-order valence-corrected chi connectivity index (χ1v) is 21.3. The van der Waals surface area contributed by atoms with Crippen LogP contribution >= 0.6 is 37.2 Å². The molecule has 334 valence electrons. The predicted octanol–water partition coefficient (Wildman–Crippen LogP) is 11.4. The summed E-state index contributed by atoms with van der Waals surface area (Å²) in [5.41, 5.74) is 2.56. The molecule has 0 atom stereocenters. The standard InChI is InChI=1S/C22H28N2O.C14H26N2O2.C13H10O2.3ClH/c1-2-7-20(8-3-1)25-21-9-5-4-6-19(21)18-24-16-12-22(13-17-24)10-14-23-15-11-22;1-13(2,3)18-12(17)16-10-6-14(7-11-16)4-8-15-9-5-14;14-10-11-6-4-5-9-13(11)15-12-7-2-1-3-8-12;;;/h1-9,23H,10-18H2;15H,4-11H2,1-3H3;1-10H;3*1H. The van der Waals surface area contributed by atoms with Gasteiger partial charge in [0.1, 0.15) is 28.6 Å². The van der Waals surface area contributed by atoms with Gasteiger partial charge in [0.05, 0.1) is 5.56 Å². The minimum Gasteiger partial charge on any atom is -0.457 e. The number of ether oxygens (including phenoxy) is 3. The number of hydrogen-bond acceptors (Lipinski definition) is 8. The maximum atomic E-state index is 12.0. The molecule has 0 aromatic heterocycles. The number of hydrogen-bond donors (Lipinski definition) is 2. The van der Waals surface area contributed by atoms with Gasteiger partial charge in [0.15, 0.2) is 6.29 Å². The summed E-state index contributed by atoms with van der Waals surface area (Å²) in [5, 5.41) is 6.92. The zero-order valence-corrected chi connectivity index (χ0v) is 38.6. The fraction of sp³-hybridized carbons (Fsp3) is 0.469. The third-order valence-corrected chi connectivity index (χ3v) is 12.1. The molecule has 8 rings (SSSR count). The Morgan fingerprint density at radius 1 is 0.590 bits per heavy atom. The Morgan fingerprint density at radius 3 is 1.51 bits per heavy atom. The van der Waals surface area contributed by atoms with Crippen molar-refractivity contribution in [3.05, 3.63) is 120 Å². The lowest BCUT2D eigenvalue weighted by Gasteiger charge is -2.44. The minimum atomic E-state index is -0.388. The maximum Gasteiger partial charge on any atom is 0.410 e. The Labute approximate surface area is 382 Å². The SMILES string of the molecule is CC(C)(C)OC(=O)N1CCC2(CCNCC2)CC1.Cl.Cl.Cl.O=Cc1ccccc1Oc1ccccc1.c1ccc(Oc2ccccc2CN2CCC3(CCNCC3)CC2)cc1. The van der Waals surface area contributed by atoms with Crippen LogP contribution in [0.4, 0.5) is 4.79 Å². The van der Waals surface area contributed by atoms with Crippen LogP contribution in [0.25, 0.3) is 0 Å². The van der Waals surface area contributed by atoms with Crippen LogP contribution in [0.15, 0.2) is 109 Å². The molecule has 4 aromatic rings. The van der Waals surface area contributed by atoms with Crippen molar-refractivity contribution in [3.8, 4) is 23.0 Å². The third-order valence-electron chi connectivity index (χ3n) is 12.1. The second-order valence-electron chi connectivity index (χ2n) is 17.3. The quantitative estimate of drug-likeness (QED) is 0.177. The Balaban J connectivity index is 0.000000247. The van der Waals surface area contributed by atoms with Crippen LogP contribution in [0.3, 0.4) is 0 Å². The zero-order chi connectivity index (χ0) is 40.7. The Morgan fingerprint density at radius 2 is 1.02 bits per heavy atom. The summed E-state index contributed by atoms with van der Waals surface area (Å²) in [6.07, 6.45) is 10.8. The summed E-state index contributed by atoms with van der Waals surface area (Å²) in [6, 6.07) is 35.1. The molecule has 4 heterocycles. The molecule has 0 saturated carbocycles. The van der Waals surface area contributed by atoms with Gasteiger partial charge in [-0.2, -0.15) is 0 Å². The highest BCUT2D eigenvalue weighted by Crippen LogP contribution is 2.41. The van der Waals surface area contributed by atoms with E-state index in [0.29, 0.717) is 22.1 Å². The van der Waals surface area contributed by atoms with E-state index >= 15 is 0 Å². The number of likely N-dealkylation sites (tertiary alicyclic amines) is 2. The number of para-hydroxylation sites is 4. The molecule has 4 aromatic carbocycles. The van der Waals surface area contributed by atoms with Crippen molar-refractivity contribution >= 4 is 49.6 Å². The second kappa shape index (κ2) is 25.3. The van der Waals surface area contributed by atoms with Crippen LogP contribution in [0.2, 0.25) is 0 Å². The Kier molecular flexibility index (Phi) is 21.4. The fourth-order valence-electron chi connectivity index (χ4n) is 8.47. The number of carbonyl (C=O) groups is 2. The van der Waals surface area contributed by atoms with E-state index in [1.807, 2.05) is 98.5 Å². The summed E-state index contributed by atoms with van der Waals surface area (Å²) < 4.78 is 17.1. The van der Waals surface area contributed by atoms with Gasteiger partial charge in [0, 0.05) is 25.2 Å². The Bertz CT molecular complexity index is 1850. The molecule has 61 heavy (non-hydrogen) atoms. The van der Waals surface area contributed by atoms with E-state index < -0.39 is 0 Å². The summed E-state index contributed by atoms with van der Waals surface area (Å²) in [6.45, 7) is 15.5. The number of piperidine rings is 4. The lowest BCUT2D eigenvalue weighted by atomic mass is 9.71. The van der Waals surface area contributed by atoms with Crippen LogP contribution in [0, 0.1) is 10.8 Å². The molecule has 4 fully saturated rings. The van der Waals surface area contributed by atoms with Crippen molar-refractivity contribution in [2.24, 2.45) is 10.8 Å². The van der Waals surface area contributed by atoms with E-state index in [9.17, 15) is 9.59 Å². The molecule has 4 aliphatic rings. The van der Waals surface area contributed by atoms with Crippen LogP contribution < -0.4 is 20.1 Å². The summed E-state index contributed by atoms with van der Waals surface area (Å²) in [7, 11) is 0. The maximum absolute atomic E-state index is 12.0. The number of rotatable bonds is 7. The first-order valence-electron chi connectivity index (χ1n) is 21.3. The lowest BCUT2D eigenvalue weighted by Crippen LogP contribution is -2.48. The van der Waals surface area contributed by atoms with Gasteiger partial charge in [0.25, 0.3) is 0 Å². The molecule has 0 radical (unpaired) electrons. The van der Waals surface area contributed by atoms with Gasteiger partial charge < -0.3 is 29.7 Å². The normalized spacial score (nSPS) is 17.9. The average molecular weight is 898 g/mol. The largest absolute Gasteiger partial charge is 0.457 e. The highest BCUT2D eigenvalue weighted by Gasteiger charge is 2.38. The molecule has 9 nitrogen and oxygen atoms in total. The molecular weight excluding hydrogens is 831 g/mol. The topological polar surface area (TPSA) is 92.4 Å². The van der Waals surface area contributed by atoms with Crippen LogP contribution in [0.1, 0.15) is 88.1 Å². The van der Waals surface area contributed by atoms with Crippen LogP contribution in [0.5, 0.6) is 23.0 Å². The van der Waals surface area contributed by atoms with Crippen LogP contribution in [-0.4, -0.2) is 80.1 Å². The number of benzene rings is 4. The molecule has 1 amide bonds. The number of nitrogens with zero attached hydrogens (tertiary/aromatic N) is 2. The van der Waals surface area contributed by atoms with Crippen molar-refractivity contribution in [3.63, 3.8) is 0 Å². The molecule has 2 N–H and O–H groups in total. The van der Waals surface area contributed by atoms with Crippen molar-refractivity contribution in [2.75, 3.05) is 52.4 Å². The van der Waals surface area contributed by atoms with E-state index in [0.717, 1.165) is 69.1 Å². The monoisotopic (exact) mass is 896 g/mol. The van der Waals surface area contributed by atoms with Gasteiger partial charge in [-0.05, 0) is 165 Å². The van der Waals surface area contributed by atoms with E-state index in [4.69, 9.17) is 14.2 Å². The summed E-state index contributed by atoms with van der Waals surface area (Å²) >= 11 is 0. The molecule has 0 unspecified atom stereocenters. The molecule has 4 aliphatic heterocycles. The van der Waals surface area contributed by atoms with Gasteiger partial charge in [0.2, 0.25) is 0 Å². The summed E-state index contributed by atoms with van der Waals surface area (Å²) in [5.74, 6) is 3.20. The predicted molar refractivity (Wildman–Crippen MR) is 254 cm³/mol. The molecular formula is C49H67Cl3N4O5. The number of nitrogens with one attached hydrogen (secondary N) is 2. The highest BCUT2D eigenvalue weighted by molar-refractivity contribution is 5.86. The van der Waals surface area contributed by atoms with E-state index in [1.165, 1.54) is 70.3 Å². The molecule has 12 heteroatoms. The van der Waals surface area contributed by atoms with Gasteiger partial charge in [-0.15, -0.1) is 37.2 Å². The first-order chi connectivity index (χ1) is 28.1. The smallest absolute Gasteiger partial charge is 0.410 e. The molecule has 0 bridgehead atoms. The van der Waals surface area contributed by atoms with Gasteiger partial charge in [-0.3, -0.25) is 9.69 Å². The molecule has 2 spiro atoms. The van der Waals surface area contributed by atoms with Crippen molar-refractivity contribution in [2.45, 2.75) is 84.3 Å². The highest BCUT2D eigenvalue weighted by atomic mass is 35.5. The van der Waals surface area contributed by atoms with Crippen molar-refractivity contribution in [1.29, 1.82) is 0 Å². The number of halogens is 3. The number of aldehydes is 1. The average Bonchev–Trinajstić information content (AvgIpc) is 3.24. The van der Waals surface area contributed by atoms with E-state index in [-0.39, 0.29) is 48.9 Å². The zero-order valence-electron chi connectivity index (χ0n) is 36.2. The number of carbonyl (C=O) groups excluding carboxylic acids is 2. The third kappa shape index (κ3) is 16.1. The number of amides is 1. The van der Waals surface area contributed by atoms with Gasteiger partial charge in [-0.25, -0.2) is 4.79 Å². The summed E-state index contributed by atoms with van der Waals surface area (Å²) in [4.78, 5) is 27.2. The Hall–Kier alpha value is -3.83. The lowest BCUT2D eigenvalue weighted by molar-refractivity contribution is 0.00571. The minimum absolute atomic E-state index is 0. The van der Waals surface area contributed by atoms with Crippen molar-refractivity contribution < 1.29 is 23.8 Å². The van der Waals surface area contributed by atoms with Gasteiger partial charge in [-0.1, -0.05) is 66.7 Å².